The fourth-order valence-corrected chi connectivity index (χ4v) is 6.07. The number of hydrogen-bond donors (Lipinski definition) is 0. The van der Waals surface area contributed by atoms with E-state index in [2.05, 4.69) is 0 Å². The molecular weight excluding hydrogens is 676 g/mol. The molecule has 2 aliphatic heterocycles. The average molecular weight is 723 g/mol. The number of carbonyl (C=O) groups is 3. The zero-order valence-corrected chi connectivity index (χ0v) is 29.7. The van der Waals surface area contributed by atoms with Crippen molar-refractivity contribution in [2.24, 2.45) is 0 Å². The van der Waals surface area contributed by atoms with Crippen molar-refractivity contribution >= 4 is 17.9 Å². The predicted molar refractivity (Wildman–Crippen MR) is 183 cm³/mol. The van der Waals surface area contributed by atoms with Gasteiger partial charge in [0.25, 0.3) is 0 Å². The standard InChI is InChI=1S/C39H46O13/c1-25(40)44-23-32-34(49-26(2)41)37(50-27(3)42)39(52-32)48-24-31-33(45-20-28-14-8-5-9-15-28)35(46-21-29-16-10-6-11-17-29)36(38(43-4)51-31)47-22-30-18-12-7-13-19-30/h5-19,31-39H,20-24H2,1-4H3/t31-,32-,33-,34+,35+,36-,37+,38+,39+/m1/s1. The Labute approximate surface area is 303 Å². The number of methoxy groups -OCH3 is 1. The molecule has 3 aromatic carbocycles. The van der Waals surface area contributed by atoms with Crippen molar-refractivity contribution in [2.75, 3.05) is 20.3 Å². The van der Waals surface area contributed by atoms with E-state index in [1.54, 1.807) is 0 Å². The SMILES string of the molecule is CO[C@H]1O[C@H](CO[C@H]2O[C@H](COC(C)=O)[C@H](OC(C)=O)[C@@H]2OC(C)=O)[C@@H](OCc2ccccc2)[C@H](OCc2ccccc2)[C@H]1OCc1ccccc1. The third kappa shape index (κ3) is 11.1. The quantitative estimate of drug-likeness (QED) is 0.145. The summed E-state index contributed by atoms with van der Waals surface area (Å²) in [6, 6.07) is 29.1. The van der Waals surface area contributed by atoms with E-state index < -0.39 is 73.2 Å². The molecular formula is C39H46O13. The molecule has 3 aromatic rings. The first-order chi connectivity index (χ1) is 25.2. The molecule has 0 aliphatic carbocycles. The molecule has 0 radical (unpaired) electrons. The van der Waals surface area contributed by atoms with Crippen LogP contribution in [0.5, 0.6) is 0 Å². The Morgan fingerprint density at radius 2 is 0.942 bits per heavy atom. The van der Waals surface area contributed by atoms with Crippen molar-refractivity contribution in [1.82, 2.24) is 0 Å². The molecule has 0 bridgehead atoms. The van der Waals surface area contributed by atoms with Crippen molar-refractivity contribution in [3.63, 3.8) is 0 Å². The van der Waals surface area contributed by atoms with Gasteiger partial charge in [0.2, 0.25) is 0 Å². The number of benzene rings is 3. The van der Waals surface area contributed by atoms with Crippen LogP contribution >= 0.6 is 0 Å². The molecule has 52 heavy (non-hydrogen) atoms. The summed E-state index contributed by atoms with van der Waals surface area (Å²) in [6.07, 6.45) is -8.48. The van der Waals surface area contributed by atoms with Gasteiger partial charge in [0.05, 0.1) is 26.4 Å². The maximum atomic E-state index is 12.2. The minimum Gasteiger partial charge on any atom is -0.463 e. The van der Waals surface area contributed by atoms with Crippen LogP contribution in [0.15, 0.2) is 91.0 Å². The van der Waals surface area contributed by atoms with Crippen LogP contribution in [-0.2, 0) is 81.6 Å². The molecule has 0 saturated carbocycles. The van der Waals surface area contributed by atoms with Crippen LogP contribution in [0.3, 0.4) is 0 Å². The lowest BCUT2D eigenvalue weighted by Gasteiger charge is -2.45. The van der Waals surface area contributed by atoms with E-state index in [9.17, 15) is 14.4 Å². The lowest BCUT2D eigenvalue weighted by Crippen LogP contribution is -2.61. The molecule has 0 unspecified atom stereocenters. The number of esters is 3. The molecule has 0 amide bonds. The summed E-state index contributed by atoms with van der Waals surface area (Å²) in [6.45, 7) is 3.95. The van der Waals surface area contributed by atoms with E-state index in [0.29, 0.717) is 0 Å². The largest absolute Gasteiger partial charge is 0.463 e. The van der Waals surface area contributed by atoms with E-state index in [4.69, 9.17) is 47.4 Å². The van der Waals surface area contributed by atoms with Gasteiger partial charge in [-0.1, -0.05) is 91.0 Å². The Bertz CT molecular complexity index is 1540. The minimum atomic E-state index is -1.23. The Morgan fingerprint density at radius 1 is 0.500 bits per heavy atom. The summed E-state index contributed by atoms with van der Waals surface area (Å²) < 4.78 is 60.6. The number of carbonyl (C=O) groups excluding carboxylic acids is 3. The van der Waals surface area contributed by atoms with E-state index in [0.717, 1.165) is 16.7 Å². The van der Waals surface area contributed by atoms with Crippen LogP contribution in [0.1, 0.15) is 37.5 Å². The molecule has 2 saturated heterocycles. The molecule has 2 heterocycles. The Morgan fingerprint density at radius 3 is 1.42 bits per heavy atom. The highest BCUT2D eigenvalue weighted by Gasteiger charge is 2.53. The van der Waals surface area contributed by atoms with Gasteiger partial charge in [-0.3, -0.25) is 14.4 Å². The van der Waals surface area contributed by atoms with Crippen LogP contribution in [-0.4, -0.2) is 93.5 Å². The van der Waals surface area contributed by atoms with Crippen molar-refractivity contribution in [2.45, 2.75) is 95.9 Å². The second-order valence-corrected chi connectivity index (χ2v) is 12.4. The van der Waals surface area contributed by atoms with Gasteiger partial charge in [-0.2, -0.15) is 0 Å². The highest BCUT2D eigenvalue weighted by atomic mass is 16.8. The van der Waals surface area contributed by atoms with Crippen LogP contribution < -0.4 is 0 Å². The zero-order chi connectivity index (χ0) is 36.9. The van der Waals surface area contributed by atoms with Gasteiger partial charge in [0, 0.05) is 27.9 Å². The first-order valence-corrected chi connectivity index (χ1v) is 17.1. The summed E-state index contributed by atoms with van der Waals surface area (Å²) in [5, 5.41) is 0. The Kier molecular flexibility index (Phi) is 14.7. The predicted octanol–water partition coefficient (Wildman–Crippen LogP) is 4.28. The van der Waals surface area contributed by atoms with Crippen molar-refractivity contribution < 1.29 is 61.8 Å². The fourth-order valence-electron chi connectivity index (χ4n) is 6.07. The van der Waals surface area contributed by atoms with Gasteiger partial charge >= 0.3 is 17.9 Å². The van der Waals surface area contributed by atoms with Crippen molar-refractivity contribution in [3.8, 4) is 0 Å². The maximum absolute atomic E-state index is 12.2. The topological polar surface area (TPSA) is 144 Å². The fraction of sp³-hybridized carbons (Fsp3) is 0.462. The van der Waals surface area contributed by atoms with E-state index in [-0.39, 0.29) is 33.0 Å². The third-order valence-corrected chi connectivity index (χ3v) is 8.43. The first kappa shape index (κ1) is 39.0. The highest BCUT2D eigenvalue weighted by Crippen LogP contribution is 2.33. The number of ether oxygens (including phenoxy) is 10. The zero-order valence-electron chi connectivity index (χ0n) is 29.7. The maximum Gasteiger partial charge on any atom is 0.303 e. The van der Waals surface area contributed by atoms with Crippen molar-refractivity contribution in [3.05, 3.63) is 108 Å². The molecule has 0 N–H and O–H groups in total. The average Bonchev–Trinajstić information content (AvgIpc) is 3.45. The van der Waals surface area contributed by atoms with Gasteiger partial charge in [-0.15, -0.1) is 0 Å². The lowest BCUT2D eigenvalue weighted by atomic mass is 9.97. The monoisotopic (exact) mass is 722 g/mol. The molecule has 0 spiro atoms. The van der Waals surface area contributed by atoms with E-state index >= 15 is 0 Å². The molecule has 13 nitrogen and oxygen atoms in total. The van der Waals surface area contributed by atoms with Crippen LogP contribution in [0.2, 0.25) is 0 Å². The normalized spacial score (nSPS) is 27.1. The van der Waals surface area contributed by atoms with Gasteiger partial charge < -0.3 is 47.4 Å². The third-order valence-electron chi connectivity index (χ3n) is 8.43. The molecule has 0 aromatic heterocycles. The molecule has 280 valence electrons. The lowest BCUT2D eigenvalue weighted by molar-refractivity contribution is -0.328. The molecule has 2 fully saturated rings. The highest BCUT2D eigenvalue weighted by molar-refractivity contribution is 5.68. The van der Waals surface area contributed by atoms with Crippen molar-refractivity contribution in [1.29, 1.82) is 0 Å². The summed E-state index contributed by atoms with van der Waals surface area (Å²) in [7, 11) is 1.51. The van der Waals surface area contributed by atoms with Gasteiger partial charge in [0.15, 0.2) is 24.8 Å². The molecule has 2 aliphatic rings. The summed E-state index contributed by atoms with van der Waals surface area (Å²) in [4.78, 5) is 35.9. The smallest absolute Gasteiger partial charge is 0.303 e. The summed E-state index contributed by atoms with van der Waals surface area (Å²) in [5.74, 6) is -1.87. The first-order valence-electron chi connectivity index (χ1n) is 17.1. The molecule has 5 rings (SSSR count). The number of hydrogen-bond acceptors (Lipinski definition) is 13. The van der Waals surface area contributed by atoms with E-state index in [1.807, 2.05) is 91.0 Å². The summed E-state index contributed by atoms with van der Waals surface area (Å²) in [5.41, 5.74) is 2.82. The molecule has 9 atom stereocenters. The van der Waals surface area contributed by atoms with Gasteiger partial charge in [-0.25, -0.2) is 0 Å². The van der Waals surface area contributed by atoms with Gasteiger partial charge in [-0.05, 0) is 16.7 Å². The molecule has 13 heteroatoms. The second kappa shape index (κ2) is 19.6. The number of rotatable bonds is 17. The van der Waals surface area contributed by atoms with Crippen LogP contribution in [0, 0.1) is 0 Å². The van der Waals surface area contributed by atoms with Crippen LogP contribution in [0.4, 0.5) is 0 Å². The second-order valence-electron chi connectivity index (χ2n) is 12.4. The summed E-state index contributed by atoms with van der Waals surface area (Å²) >= 11 is 0. The van der Waals surface area contributed by atoms with Crippen LogP contribution in [0.25, 0.3) is 0 Å². The Balaban J connectivity index is 1.43. The van der Waals surface area contributed by atoms with E-state index in [1.165, 1.54) is 27.9 Å². The Hall–Kier alpha value is -4.21. The minimum absolute atomic E-state index is 0.161. The van der Waals surface area contributed by atoms with Gasteiger partial charge in [0.1, 0.15) is 37.1 Å².